The van der Waals surface area contributed by atoms with Gasteiger partial charge in [0.1, 0.15) is 0 Å². The fourth-order valence-corrected chi connectivity index (χ4v) is 1.84. The molecule has 0 bridgehead atoms. The summed E-state index contributed by atoms with van der Waals surface area (Å²) in [5.74, 6) is 0. The molecule has 0 saturated carbocycles. The van der Waals surface area contributed by atoms with E-state index in [1.165, 1.54) is 16.8 Å². The molecule has 0 aliphatic carbocycles. The van der Waals surface area contributed by atoms with E-state index in [0.717, 1.165) is 6.54 Å². The summed E-state index contributed by atoms with van der Waals surface area (Å²) in [6, 6.07) is 10.8. The van der Waals surface area contributed by atoms with Crippen LogP contribution in [0, 0.1) is 6.92 Å². The van der Waals surface area contributed by atoms with Gasteiger partial charge in [0.25, 0.3) is 0 Å². The van der Waals surface area contributed by atoms with Crippen molar-refractivity contribution in [1.29, 1.82) is 0 Å². The molecular formula is C14H19N3. The minimum absolute atomic E-state index is 0.357. The highest BCUT2D eigenvalue weighted by Crippen LogP contribution is 2.13. The van der Waals surface area contributed by atoms with Crippen LogP contribution in [0.15, 0.2) is 36.5 Å². The van der Waals surface area contributed by atoms with Gasteiger partial charge < -0.3 is 5.32 Å². The number of nitrogens with one attached hydrogen (secondary N) is 1. The molecule has 1 heterocycles. The van der Waals surface area contributed by atoms with E-state index in [0.29, 0.717) is 6.04 Å². The van der Waals surface area contributed by atoms with Crippen molar-refractivity contribution >= 4 is 0 Å². The van der Waals surface area contributed by atoms with Crippen LogP contribution >= 0.6 is 0 Å². The minimum atomic E-state index is 0.357. The molecule has 0 spiro atoms. The topological polar surface area (TPSA) is 29.9 Å². The Kier molecular flexibility index (Phi) is 3.59. The third-order valence-electron chi connectivity index (χ3n) is 3.24. The minimum Gasteiger partial charge on any atom is -0.306 e. The number of aryl methyl sites for hydroxylation is 1. The van der Waals surface area contributed by atoms with Crippen LogP contribution in [-0.4, -0.2) is 9.78 Å². The Balaban J connectivity index is 1.97. The zero-order valence-electron chi connectivity index (χ0n) is 10.6. The number of nitrogens with zero attached hydrogens (tertiary/aromatic N) is 2. The number of rotatable bonds is 4. The highest BCUT2D eigenvalue weighted by molar-refractivity contribution is 5.19. The third kappa shape index (κ3) is 2.74. The van der Waals surface area contributed by atoms with Gasteiger partial charge in [-0.05, 0) is 19.4 Å². The lowest BCUT2D eigenvalue weighted by Crippen LogP contribution is -2.18. The summed E-state index contributed by atoms with van der Waals surface area (Å²) in [7, 11) is 1.97. The molecule has 0 fully saturated rings. The lowest BCUT2D eigenvalue weighted by atomic mass is 10.1. The lowest BCUT2D eigenvalue weighted by molar-refractivity contribution is 0.572. The van der Waals surface area contributed by atoms with Crippen molar-refractivity contribution in [3.63, 3.8) is 0 Å². The molecule has 2 aromatic rings. The molecule has 1 aromatic heterocycles. The Morgan fingerprint density at radius 1 is 1.29 bits per heavy atom. The second kappa shape index (κ2) is 5.15. The predicted octanol–water partition coefficient (Wildman–Crippen LogP) is 2.58. The first-order valence-electron chi connectivity index (χ1n) is 5.94. The second-order valence-electron chi connectivity index (χ2n) is 4.39. The highest BCUT2D eigenvalue weighted by Gasteiger charge is 2.07. The van der Waals surface area contributed by atoms with E-state index < -0.39 is 0 Å². The molecule has 0 amide bonds. The fourth-order valence-electron chi connectivity index (χ4n) is 1.84. The number of hydrogen-bond donors (Lipinski definition) is 1. The summed E-state index contributed by atoms with van der Waals surface area (Å²) in [4.78, 5) is 0. The first-order valence-corrected chi connectivity index (χ1v) is 5.94. The predicted molar refractivity (Wildman–Crippen MR) is 69.6 cm³/mol. The van der Waals surface area contributed by atoms with E-state index in [2.05, 4.69) is 48.5 Å². The summed E-state index contributed by atoms with van der Waals surface area (Å²) < 4.78 is 1.91. The van der Waals surface area contributed by atoms with Crippen molar-refractivity contribution in [3.05, 3.63) is 53.3 Å². The normalized spacial score (nSPS) is 12.6. The monoisotopic (exact) mass is 229 g/mol. The van der Waals surface area contributed by atoms with Crippen LogP contribution in [0.4, 0.5) is 0 Å². The van der Waals surface area contributed by atoms with Gasteiger partial charge in [-0.3, -0.25) is 4.68 Å². The Hall–Kier alpha value is -1.61. The maximum absolute atomic E-state index is 4.24. The fraction of sp³-hybridized carbons (Fsp3) is 0.357. The average molecular weight is 229 g/mol. The molecule has 0 aliphatic rings. The second-order valence-corrected chi connectivity index (χ2v) is 4.39. The van der Waals surface area contributed by atoms with Crippen molar-refractivity contribution in [1.82, 2.24) is 15.1 Å². The molecule has 0 saturated heterocycles. The van der Waals surface area contributed by atoms with E-state index in [1.807, 2.05) is 24.0 Å². The Morgan fingerprint density at radius 3 is 2.59 bits per heavy atom. The van der Waals surface area contributed by atoms with Crippen molar-refractivity contribution in [2.45, 2.75) is 26.4 Å². The van der Waals surface area contributed by atoms with Gasteiger partial charge in [0, 0.05) is 30.9 Å². The van der Waals surface area contributed by atoms with E-state index in [9.17, 15) is 0 Å². The first-order chi connectivity index (χ1) is 8.18. The summed E-state index contributed by atoms with van der Waals surface area (Å²) >= 11 is 0. The van der Waals surface area contributed by atoms with E-state index in [4.69, 9.17) is 0 Å². The van der Waals surface area contributed by atoms with Crippen LogP contribution in [0.2, 0.25) is 0 Å². The van der Waals surface area contributed by atoms with E-state index in [-0.39, 0.29) is 0 Å². The molecule has 17 heavy (non-hydrogen) atoms. The smallest absolute Gasteiger partial charge is 0.0537 e. The Bertz CT molecular complexity index is 473. The number of aromatic nitrogens is 2. The summed E-state index contributed by atoms with van der Waals surface area (Å²) in [6.45, 7) is 5.13. The highest BCUT2D eigenvalue weighted by atomic mass is 15.3. The third-order valence-corrected chi connectivity index (χ3v) is 3.24. The molecule has 90 valence electrons. The summed E-state index contributed by atoms with van der Waals surface area (Å²) in [5.41, 5.74) is 3.79. The van der Waals surface area contributed by atoms with E-state index >= 15 is 0 Å². The Morgan fingerprint density at radius 2 is 2.00 bits per heavy atom. The maximum atomic E-state index is 4.24. The molecule has 3 heteroatoms. The molecule has 1 atom stereocenters. The van der Waals surface area contributed by atoms with Crippen LogP contribution in [0.25, 0.3) is 0 Å². The molecule has 0 radical (unpaired) electrons. The van der Waals surface area contributed by atoms with Gasteiger partial charge in [-0.2, -0.15) is 5.10 Å². The lowest BCUT2D eigenvalue weighted by Gasteiger charge is -2.13. The van der Waals surface area contributed by atoms with Gasteiger partial charge in [-0.1, -0.05) is 30.3 Å². The van der Waals surface area contributed by atoms with Crippen LogP contribution in [0.5, 0.6) is 0 Å². The van der Waals surface area contributed by atoms with Crippen LogP contribution < -0.4 is 5.32 Å². The maximum Gasteiger partial charge on any atom is 0.0537 e. The van der Waals surface area contributed by atoms with Gasteiger partial charge >= 0.3 is 0 Å². The van der Waals surface area contributed by atoms with Crippen molar-refractivity contribution in [3.8, 4) is 0 Å². The summed E-state index contributed by atoms with van der Waals surface area (Å²) in [5, 5.41) is 7.76. The van der Waals surface area contributed by atoms with Crippen molar-refractivity contribution < 1.29 is 0 Å². The number of hydrogen-bond acceptors (Lipinski definition) is 2. The number of benzene rings is 1. The SMILES string of the molecule is Cc1c(CN[C@H](C)c2ccccc2)cnn1C. The van der Waals surface area contributed by atoms with Gasteiger partial charge in [-0.15, -0.1) is 0 Å². The molecule has 1 aromatic carbocycles. The molecule has 0 unspecified atom stereocenters. The van der Waals surface area contributed by atoms with Gasteiger partial charge in [-0.25, -0.2) is 0 Å². The zero-order valence-corrected chi connectivity index (χ0v) is 10.6. The quantitative estimate of drug-likeness (QED) is 0.873. The first kappa shape index (κ1) is 11.9. The van der Waals surface area contributed by atoms with Crippen LogP contribution in [0.1, 0.15) is 29.8 Å². The van der Waals surface area contributed by atoms with E-state index in [1.54, 1.807) is 0 Å². The van der Waals surface area contributed by atoms with Crippen molar-refractivity contribution in [2.75, 3.05) is 0 Å². The molecule has 3 nitrogen and oxygen atoms in total. The molecule has 0 aliphatic heterocycles. The molecule has 1 N–H and O–H groups in total. The largest absolute Gasteiger partial charge is 0.306 e. The van der Waals surface area contributed by atoms with Crippen LogP contribution in [-0.2, 0) is 13.6 Å². The molecular weight excluding hydrogens is 210 g/mol. The Labute approximate surface area is 102 Å². The molecule has 2 rings (SSSR count). The van der Waals surface area contributed by atoms with Gasteiger partial charge in [0.2, 0.25) is 0 Å². The van der Waals surface area contributed by atoms with Gasteiger partial charge in [0.15, 0.2) is 0 Å². The van der Waals surface area contributed by atoms with Crippen LogP contribution in [0.3, 0.4) is 0 Å². The summed E-state index contributed by atoms with van der Waals surface area (Å²) in [6.07, 6.45) is 1.93. The van der Waals surface area contributed by atoms with Crippen molar-refractivity contribution in [2.24, 2.45) is 7.05 Å². The standard InChI is InChI=1S/C14H19N3/c1-11(13-7-5-4-6-8-13)15-9-14-10-16-17(3)12(14)2/h4-8,10-11,15H,9H2,1-3H3/t11-/m1/s1. The average Bonchev–Trinajstić information content (AvgIpc) is 2.68. The van der Waals surface area contributed by atoms with Gasteiger partial charge in [0.05, 0.1) is 6.20 Å². The zero-order chi connectivity index (χ0) is 12.3.